The Balaban J connectivity index is 1.57. The smallest absolute Gasteiger partial charge is 0.260 e. The Morgan fingerprint density at radius 1 is 1.23 bits per heavy atom. The fraction of sp³-hybridized carbons (Fsp3) is 0.391. The van der Waals surface area contributed by atoms with Gasteiger partial charge < -0.3 is 9.47 Å². The van der Waals surface area contributed by atoms with Crippen LogP contribution in [0.4, 0.5) is 5.13 Å². The van der Waals surface area contributed by atoms with Gasteiger partial charge in [-0.05, 0) is 55.1 Å². The molecule has 2 aromatic carbocycles. The predicted molar refractivity (Wildman–Crippen MR) is 128 cm³/mol. The van der Waals surface area contributed by atoms with Gasteiger partial charge in [0, 0.05) is 36.6 Å². The van der Waals surface area contributed by atoms with Crippen molar-refractivity contribution in [3.63, 3.8) is 0 Å². The fourth-order valence-corrected chi connectivity index (χ4v) is 5.01. The van der Waals surface area contributed by atoms with Crippen LogP contribution in [0, 0.1) is 0 Å². The first-order valence-electron chi connectivity index (χ1n) is 10.4. The number of carbonyl (C=O) groups excluding carboxylic acids is 1. The molecule has 0 atom stereocenters. The van der Waals surface area contributed by atoms with Crippen LogP contribution in [0.25, 0.3) is 10.2 Å². The van der Waals surface area contributed by atoms with E-state index >= 15 is 0 Å². The average Bonchev–Trinajstić information content (AvgIpc) is 3.25. The highest BCUT2D eigenvalue weighted by molar-refractivity contribution is 7.98. The topological polar surface area (TPSA) is 54.9 Å². The lowest BCUT2D eigenvalue weighted by atomic mass is 10.2. The van der Waals surface area contributed by atoms with Crippen molar-refractivity contribution in [1.82, 2.24) is 9.88 Å². The monoisotopic (exact) mass is 457 g/mol. The van der Waals surface area contributed by atoms with Crippen molar-refractivity contribution in [3.8, 4) is 5.75 Å². The summed E-state index contributed by atoms with van der Waals surface area (Å²) in [5.41, 5.74) is 1.56. The van der Waals surface area contributed by atoms with E-state index in [0.717, 1.165) is 65.3 Å². The molecule has 0 spiro atoms. The van der Waals surface area contributed by atoms with Crippen molar-refractivity contribution in [3.05, 3.63) is 48.0 Å². The van der Waals surface area contributed by atoms with E-state index in [1.165, 1.54) is 11.3 Å². The molecule has 1 aromatic heterocycles. The summed E-state index contributed by atoms with van der Waals surface area (Å²) in [6.07, 6.45) is 2.91. The van der Waals surface area contributed by atoms with E-state index in [9.17, 15) is 4.79 Å². The number of fused-ring (bicyclic) bond motifs is 1. The molecule has 2 heterocycles. The van der Waals surface area contributed by atoms with Crippen LogP contribution in [0.3, 0.4) is 0 Å². The number of hydrogen-bond donors (Lipinski definition) is 0. The molecule has 3 aromatic rings. The maximum absolute atomic E-state index is 13.5. The molecule has 1 saturated heterocycles. The van der Waals surface area contributed by atoms with Crippen LogP contribution in [0.1, 0.15) is 16.8 Å². The summed E-state index contributed by atoms with van der Waals surface area (Å²) >= 11 is 3.20. The number of ether oxygens (including phenoxy) is 2. The van der Waals surface area contributed by atoms with Gasteiger partial charge in [0.05, 0.1) is 30.5 Å². The van der Waals surface area contributed by atoms with E-state index in [4.69, 9.17) is 14.5 Å². The molecule has 0 unspecified atom stereocenters. The Bertz CT molecular complexity index is 1020. The van der Waals surface area contributed by atoms with Gasteiger partial charge in [-0.1, -0.05) is 11.3 Å². The molecule has 164 valence electrons. The normalized spacial score (nSPS) is 14.6. The van der Waals surface area contributed by atoms with Crippen molar-refractivity contribution in [2.24, 2.45) is 0 Å². The molecule has 0 aliphatic carbocycles. The number of thioether (sulfide) groups is 1. The van der Waals surface area contributed by atoms with Gasteiger partial charge in [0.2, 0.25) is 0 Å². The molecular formula is C23H27N3O3S2. The van der Waals surface area contributed by atoms with Gasteiger partial charge in [0.15, 0.2) is 5.13 Å². The van der Waals surface area contributed by atoms with E-state index in [2.05, 4.69) is 4.90 Å². The molecule has 1 aliphatic rings. The van der Waals surface area contributed by atoms with Gasteiger partial charge in [0.25, 0.3) is 5.91 Å². The first-order chi connectivity index (χ1) is 15.2. The molecule has 31 heavy (non-hydrogen) atoms. The number of carbonyl (C=O) groups is 1. The highest BCUT2D eigenvalue weighted by Crippen LogP contribution is 2.32. The summed E-state index contributed by atoms with van der Waals surface area (Å²) in [6.45, 7) is 5.03. The number of rotatable bonds is 8. The summed E-state index contributed by atoms with van der Waals surface area (Å²) in [5, 5.41) is 0.726. The van der Waals surface area contributed by atoms with Crippen LogP contribution in [-0.4, -0.2) is 68.5 Å². The quantitative estimate of drug-likeness (QED) is 0.468. The van der Waals surface area contributed by atoms with E-state index in [-0.39, 0.29) is 5.91 Å². The predicted octanol–water partition coefficient (Wildman–Crippen LogP) is 4.40. The van der Waals surface area contributed by atoms with E-state index < -0.39 is 0 Å². The molecule has 0 radical (unpaired) electrons. The molecule has 0 bridgehead atoms. The number of nitrogens with zero attached hydrogens (tertiary/aromatic N) is 3. The van der Waals surface area contributed by atoms with Gasteiger partial charge >= 0.3 is 0 Å². The minimum absolute atomic E-state index is 0.0133. The maximum Gasteiger partial charge on any atom is 0.260 e. The van der Waals surface area contributed by atoms with E-state index in [1.54, 1.807) is 18.9 Å². The zero-order valence-electron chi connectivity index (χ0n) is 17.9. The molecule has 4 rings (SSSR count). The van der Waals surface area contributed by atoms with Crippen LogP contribution >= 0.6 is 23.1 Å². The van der Waals surface area contributed by atoms with Crippen LogP contribution in [-0.2, 0) is 4.74 Å². The SMILES string of the molecule is COc1ccc2nc(N(CCCN3CCOCC3)C(=O)c3ccc(SC)cc3)sc2c1. The minimum Gasteiger partial charge on any atom is -0.497 e. The van der Waals surface area contributed by atoms with E-state index in [0.29, 0.717) is 12.1 Å². The summed E-state index contributed by atoms with van der Waals surface area (Å²) in [4.78, 5) is 23.6. The third kappa shape index (κ3) is 5.38. The number of anilines is 1. The van der Waals surface area contributed by atoms with Crippen molar-refractivity contribution in [2.45, 2.75) is 11.3 Å². The first-order valence-corrected chi connectivity index (χ1v) is 12.4. The molecule has 0 saturated carbocycles. The maximum atomic E-state index is 13.5. The van der Waals surface area contributed by atoms with Crippen LogP contribution in [0.15, 0.2) is 47.4 Å². The van der Waals surface area contributed by atoms with Gasteiger partial charge in [0.1, 0.15) is 5.75 Å². The number of hydrogen-bond acceptors (Lipinski definition) is 7. The largest absolute Gasteiger partial charge is 0.497 e. The summed E-state index contributed by atoms with van der Waals surface area (Å²) in [5.74, 6) is 0.779. The van der Waals surface area contributed by atoms with Crippen LogP contribution in [0.2, 0.25) is 0 Å². The van der Waals surface area contributed by atoms with Crippen molar-refractivity contribution < 1.29 is 14.3 Å². The third-order valence-corrected chi connectivity index (χ3v) is 7.14. The molecule has 1 fully saturated rings. The number of amides is 1. The second-order valence-electron chi connectivity index (χ2n) is 7.32. The molecule has 1 amide bonds. The zero-order valence-corrected chi connectivity index (χ0v) is 19.5. The number of thiazole rings is 1. The average molecular weight is 458 g/mol. The zero-order chi connectivity index (χ0) is 21.6. The number of morpholine rings is 1. The Kier molecular flexibility index (Phi) is 7.45. The van der Waals surface area contributed by atoms with Gasteiger partial charge in [-0.15, -0.1) is 11.8 Å². The lowest BCUT2D eigenvalue weighted by molar-refractivity contribution is 0.0376. The minimum atomic E-state index is -0.0133. The van der Waals surface area contributed by atoms with E-state index in [1.807, 2.05) is 53.6 Å². The third-order valence-electron chi connectivity index (χ3n) is 5.36. The van der Waals surface area contributed by atoms with Gasteiger partial charge in [-0.2, -0.15) is 0 Å². The highest BCUT2D eigenvalue weighted by Gasteiger charge is 2.22. The van der Waals surface area contributed by atoms with Crippen LogP contribution < -0.4 is 9.64 Å². The lowest BCUT2D eigenvalue weighted by Gasteiger charge is -2.27. The molecular weight excluding hydrogens is 430 g/mol. The van der Waals surface area contributed by atoms with Crippen molar-refractivity contribution in [1.29, 1.82) is 0 Å². The highest BCUT2D eigenvalue weighted by atomic mass is 32.2. The molecule has 1 aliphatic heterocycles. The second-order valence-corrected chi connectivity index (χ2v) is 9.21. The van der Waals surface area contributed by atoms with Gasteiger partial charge in [-0.3, -0.25) is 14.6 Å². The fourth-order valence-electron chi connectivity index (χ4n) is 3.59. The second kappa shape index (κ2) is 10.5. The molecule has 6 nitrogen and oxygen atoms in total. The number of benzene rings is 2. The number of aromatic nitrogens is 1. The van der Waals surface area contributed by atoms with Gasteiger partial charge in [-0.25, -0.2) is 4.98 Å². The first kappa shape index (κ1) is 22.1. The lowest BCUT2D eigenvalue weighted by Crippen LogP contribution is -2.39. The Morgan fingerprint density at radius 2 is 2.00 bits per heavy atom. The Morgan fingerprint density at radius 3 is 2.71 bits per heavy atom. The summed E-state index contributed by atoms with van der Waals surface area (Å²) in [7, 11) is 1.66. The molecule has 8 heteroatoms. The number of methoxy groups -OCH3 is 1. The Labute approximate surface area is 191 Å². The van der Waals surface area contributed by atoms with Crippen molar-refractivity contribution >= 4 is 44.4 Å². The van der Waals surface area contributed by atoms with Crippen molar-refractivity contribution in [2.75, 3.05) is 57.7 Å². The summed E-state index contributed by atoms with van der Waals surface area (Å²) in [6, 6.07) is 13.6. The standard InChI is InChI=1S/C23H27N3O3S2/c1-28-18-6-9-20-21(16-18)31-23(24-20)26(11-3-10-25-12-14-29-15-13-25)22(27)17-4-7-19(30-2)8-5-17/h4-9,16H,3,10-15H2,1-2H3. The summed E-state index contributed by atoms with van der Waals surface area (Å²) < 4.78 is 11.8. The molecule has 0 N–H and O–H groups in total. The Hall–Kier alpha value is -2.13. The van der Waals surface area contributed by atoms with Crippen LogP contribution in [0.5, 0.6) is 5.75 Å².